The Morgan fingerprint density at radius 2 is 2.57 bits per heavy atom. The third-order valence-corrected chi connectivity index (χ3v) is 2.31. The van der Waals surface area contributed by atoms with Gasteiger partial charge in [-0.2, -0.15) is 15.4 Å². The van der Waals surface area contributed by atoms with Crippen LogP contribution in [0, 0.1) is 0 Å². The van der Waals surface area contributed by atoms with Crippen molar-refractivity contribution in [1.82, 2.24) is 25.7 Å². The maximum Gasteiger partial charge on any atom is 0.273 e. The van der Waals surface area contributed by atoms with Gasteiger partial charge in [-0.3, -0.25) is 4.79 Å². The van der Waals surface area contributed by atoms with E-state index in [1.54, 1.807) is 6.20 Å². The molecule has 0 saturated heterocycles. The molecule has 14 heavy (non-hydrogen) atoms. The first-order valence-corrected chi connectivity index (χ1v) is 4.76. The largest absolute Gasteiger partial charge is 0.344 e. The molecule has 2 N–H and O–H groups in total. The van der Waals surface area contributed by atoms with Crippen LogP contribution in [0.5, 0.6) is 0 Å². The van der Waals surface area contributed by atoms with Crippen LogP contribution in [0.3, 0.4) is 0 Å². The molecule has 0 bridgehead atoms. The van der Waals surface area contributed by atoms with E-state index in [9.17, 15) is 4.79 Å². The first-order chi connectivity index (χ1) is 6.86. The summed E-state index contributed by atoms with van der Waals surface area (Å²) < 4.78 is 0. The van der Waals surface area contributed by atoms with Gasteiger partial charge >= 0.3 is 0 Å². The minimum Gasteiger partial charge on any atom is -0.344 e. The number of nitrogens with zero attached hydrogens (tertiary/aromatic N) is 3. The standard InChI is InChI=1S/C7H7N5OS/c13-7(5-3-10-12-11-5)9-4-6-8-1-2-14-6/h1-3H,4H2,(H,9,13)(H,10,11,12). The molecule has 0 fully saturated rings. The van der Waals surface area contributed by atoms with Crippen molar-refractivity contribution in [2.45, 2.75) is 6.54 Å². The smallest absolute Gasteiger partial charge is 0.273 e. The van der Waals surface area contributed by atoms with Gasteiger partial charge in [0.2, 0.25) is 0 Å². The number of hydrogen-bond acceptors (Lipinski definition) is 5. The van der Waals surface area contributed by atoms with Gasteiger partial charge in [0.1, 0.15) is 5.01 Å². The molecule has 2 rings (SSSR count). The van der Waals surface area contributed by atoms with Crippen molar-refractivity contribution in [2.75, 3.05) is 0 Å². The maximum atomic E-state index is 11.3. The summed E-state index contributed by atoms with van der Waals surface area (Å²) in [6.07, 6.45) is 3.07. The molecule has 0 aliphatic rings. The van der Waals surface area contributed by atoms with Crippen LogP contribution < -0.4 is 5.32 Å². The minimum absolute atomic E-state index is 0.256. The first-order valence-electron chi connectivity index (χ1n) is 3.88. The van der Waals surface area contributed by atoms with Crippen molar-refractivity contribution >= 4 is 17.2 Å². The SMILES string of the molecule is O=C(NCc1nccs1)c1cn[nH]n1. The summed E-state index contributed by atoms with van der Waals surface area (Å²) in [5.41, 5.74) is 0.279. The second-order valence-electron chi connectivity index (χ2n) is 2.46. The number of aromatic nitrogens is 4. The van der Waals surface area contributed by atoms with E-state index in [1.807, 2.05) is 5.38 Å². The van der Waals surface area contributed by atoms with Crippen LogP contribution in [0.1, 0.15) is 15.5 Å². The number of H-pyrrole nitrogens is 1. The van der Waals surface area contributed by atoms with Crippen molar-refractivity contribution in [3.8, 4) is 0 Å². The number of carbonyl (C=O) groups excluding carboxylic acids is 1. The fraction of sp³-hybridized carbons (Fsp3) is 0.143. The number of aromatic amines is 1. The summed E-state index contributed by atoms with van der Waals surface area (Å²) in [4.78, 5) is 15.4. The predicted octanol–water partition coefficient (Wildman–Crippen LogP) is 0.191. The highest BCUT2D eigenvalue weighted by Crippen LogP contribution is 2.02. The van der Waals surface area contributed by atoms with E-state index in [0.29, 0.717) is 6.54 Å². The van der Waals surface area contributed by atoms with Crippen molar-refractivity contribution in [2.24, 2.45) is 0 Å². The number of carbonyl (C=O) groups is 1. The average molecular weight is 209 g/mol. The fourth-order valence-electron chi connectivity index (χ4n) is 0.898. The molecule has 0 aromatic carbocycles. The number of thiazole rings is 1. The molecule has 0 saturated carbocycles. The van der Waals surface area contributed by atoms with Gasteiger partial charge in [-0.15, -0.1) is 11.3 Å². The number of hydrogen-bond donors (Lipinski definition) is 2. The molecule has 0 radical (unpaired) electrons. The summed E-state index contributed by atoms with van der Waals surface area (Å²) >= 11 is 1.49. The normalized spacial score (nSPS) is 10.0. The van der Waals surface area contributed by atoms with Gasteiger partial charge in [0.15, 0.2) is 5.69 Å². The third-order valence-electron chi connectivity index (χ3n) is 1.53. The Morgan fingerprint density at radius 3 is 3.21 bits per heavy atom. The Hall–Kier alpha value is -1.76. The lowest BCUT2D eigenvalue weighted by Crippen LogP contribution is -2.23. The van der Waals surface area contributed by atoms with E-state index < -0.39 is 0 Å². The van der Waals surface area contributed by atoms with Gasteiger partial charge in [0, 0.05) is 11.6 Å². The zero-order valence-corrected chi connectivity index (χ0v) is 7.91. The molecule has 0 aliphatic carbocycles. The second kappa shape index (κ2) is 3.97. The van der Waals surface area contributed by atoms with E-state index in [0.717, 1.165) is 5.01 Å². The minimum atomic E-state index is -0.256. The molecule has 0 atom stereocenters. The molecule has 7 heteroatoms. The van der Waals surface area contributed by atoms with Crippen molar-refractivity contribution in [3.05, 3.63) is 28.5 Å². The Kier molecular flexibility index (Phi) is 2.50. The van der Waals surface area contributed by atoms with E-state index >= 15 is 0 Å². The van der Waals surface area contributed by atoms with Crippen LogP contribution in [-0.4, -0.2) is 26.3 Å². The van der Waals surface area contributed by atoms with Crippen LogP contribution >= 0.6 is 11.3 Å². The first kappa shape index (κ1) is 8.82. The number of rotatable bonds is 3. The lowest BCUT2D eigenvalue weighted by Gasteiger charge is -1.98. The number of nitrogens with one attached hydrogen (secondary N) is 2. The highest BCUT2D eigenvalue weighted by atomic mass is 32.1. The average Bonchev–Trinajstić information content (AvgIpc) is 2.87. The Bertz CT molecular complexity index is 396. The molecule has 2 aromatic heterocycles. The fourth-order valence-corrected chi connectivity index (χ4v) is 1.45. The van der Waals surface area contributed by atoms with Crippen LogP contribution in [0.25, 0.3) is 0 Å². The lowest BCUT2D eigenvalue weighted by molar-refractivity contribution is 0.0946. The van der Waals surface area contributed by atoms with Gasteiger partial charge in [-0.1, -0.05) is 0 Å². The van der Waals surface area contributed by atoms with Crippen molar-refractivity contribution in [1.29, 1.82) is 0 Å². The summed E-state index contributed by atoms with van der Waals surface area (Å²) in [5, 5.41) is 15.0. The van der Waals surface area contributed by atoms with E-state index in [-0.39, 0.29) is 11.6 Å². The molecular formula is C7H7N5OS. The van der Waals surface area contributed by atoms with Gasteiger partial charge < -0.3 is 5.32 Å². The van der Waals surface area contributed by atoms with Crippen molar-refractivity contribution < 1.29 is 4.79 Å². The molecular weight excluding hydrogens is 202 g/mol. The highest BCUT2D eigenvalue weighted by Gasteiger charge is 2.07. The zero-order chi connectivity index (χ0) is 9.80. The molecule has 0 spiro atoms. The third kappa shape index (κ3) is 1.94. The predicted molar refractivity (Wildman–Crippen MR) is 49.7 cm³/mol. The topological polar surface area (TPSA) is 83.6 Å². The van der Waals surface area contributed by atoms with E-state index in [4.69, 9.17) is 0 Å². The second-order valence-corrected chi connectivity index (χ2v) is 3.44. The molecule has 6 nitrogen and oxygen atoms in total. The molecule has 2 aromatic rings. The molecule has 0 aliphatic heterocycles. The quantitative estimate of drug-likeness (QED) is 0.755. The zero-order valence-electron chi connectivity index (χ0n) is 7.10. The van der Waals surface area contributed by atoms with E-state index in [1.165, 1.54) is 17.5 Å². The summed E-state index contributed by atoms with van der Waals surface area (Å²) in [7, 11) is 0. The van der Waals surface area contributed by atoms with Crippen LogP contribution in [0.2, 0.25) is 0 Å². The van der Waals surface area contributed by atoms with Crippen LogP contribution in [0.15, 0.2) is 17.8 Å². The molecule has 0 unspecified atom stereocenters. The van der Waals surface area contributed by atoms with Crippen molar-refractivity contribution in [3.63, 3.8) is 0 Å². The Balaban J connectivity index is 1.90. The van der Waals surface area contributed by atoms with Gasteiger partial charge in [0.05, 0.1) is 12.7 Å². The van der Waals surface area contributed by atoms with Crippen LogP contribution in [-0.2, 0) is 6.54 Å². The maximum absolute atomic E-state index is 11.3. The van der Waals surface area contributed by atoms with Gasteiger partial charge in [-0.05, 0) is 0 Å². The van der Waals surface area contributed by atoms with Gasteiger partial charge in [0.25, 0.3) is 5.91 Å². The van der Waals surface area contributed by atoms with Crippen LogP contribution in [0.4, 0.5) is 0 Å². The molecule has 72 valence electrons. The monoisotopic (exact) mass is 209 g/mol. The molecule has 2 heterocycles. The Labute approximate surface area is 83.4 Å². The van der Waals surface area contributed by atoms with Gasteiger partial charge in [-0.25, -0.2) is 4.98 Å². The lowest BCUT2D eigenvalue weighted by atomic mass is 10.4. The summed E-state index contributed by atoms with van der Waals surface area (Å²) in [5.74, 6) is -0.256. The number of amides is 1. The summed E-state index contributed by atoms with van der Waals surface area (Å²) in [6, 6.07) is 0. The van der Waals surface area contributed by atoms with E-state index in [2.05, 4.69) is 25.7 Å². The molecule has 1 amide bonds. The summed E-state index contributed by atoms with van der Waals surface area (Å²) in [6.45, 7) is 0.420. The highest BCUT2D eigenvalue weighted by molar-refractivity contribution is 7.09. The Morgan fingerprint density at radius 1 is 1.64 bits per heavy atom.